The van der Waals surface area contributed by atoms with E-state index in [2.05, 4.69) is 38.6 Å². The predicted molar refractivity (Wildman–Crippen MR) is 86.9 cm³/mol. The van der Waals surface area contributed by atoms with Crippen molar-refractivity contribution < 1.29 is 18.7 Å². The van der Waals surface area contributed by atoms with Crippen molar-refractivity contribution >= 4 is 14.3 Å². The van der Waals surface area contributed by atoms with E-state index in [9.17, 15) is 4.79 Å². The Morgan fingerprint density at radius 3 is 2.43 bits per heavy atom. The fourth-order valence-electron chi connectivity index (χ4n) is 2.22. The van der Waals surface area contributed by atoms with Gasteiger partial charge in [-0.3, -0.25) is 4.79 Å². The average molecular weight is 317 g/mol. The highest BCUT2D eigenvalue weighted by atomic mass is 28.4. The number of methoxy groups -OCH3 is 1. The molecule has 5 heteroatoms. The molecule has 1 aliphatic rings. The highest BCUT2D eigenvalue weighted by Gasteiger charge is 2.38. The Hall–Kier alpha value is -0.393. The van der Waals surface area contributed by atoms with Crippen molar-refractivity contribution in [3.05, 3.63) is 0 Å². The van der Waals surface area contributed by atoms with Gasteiger partial charge in [-0.2, -0.15) is 0 Å². The lowest BCUT2D eigenvalue weighted by Gasteiger charge is -2.38. The third-order valence-corrected chi connectivity index (χ3v) is 9.27. The van der Waals surface area contributed by atoms with Crippen LogP contribution < -0.4 is 0 Å². The van der Waals surface area contributed by atoms with Gasteiger partial charge in [0.1, 0.15) is 0 Å². The second-order valence-electron chi connectivity index (χ2n) is 7.50. The highest BCUT2D eigenvalue weighted by molar-refractivity contribution is 6.74. The Bertz CT molecular complexity index is 336. The fourth-order valence-corrected chi connectivity index (χ4v) is 3.25. The van der Waals surface area contributed by atoms with Gasteiger partial charge in [0.05, 0.1) is 25.9 Å². The summed E-state index contributed by atoms with van der Waals surface area (Å²) < 4.78 is 17.0. The van der Waals surface area contributed by atoms with Crippen LogP contribution in [0.5, 0.6) is 0 Å². The van der Waals surface area contributed by atoms with E-state index in [1.807, 2.05) is 0 Å². The average Bonchev–Trinajstić information content (AvgIpc) is 2.42. The molecule has 0 amide bonds. The number of rotatable bonds is 6. The van der Waals surface area contributed by atoms with Crippen molar-refractivity contribution in [3.63, 3.8) is 0 Å². The number of ether oxygens (including phenoxy) is 2. The summed E-state index contributed by atoms with van der Waals surface area (Å²) in [5.41, 5.74) is 0. The molecule has 0 N–H and O–H groups in total. The molecule has 1 rings (SSSR count). The summed E-state index contributed by atoms with van der Waals surface area (Å²) >= 11 is 0. The van der Waals surface area contributed by atoms with Crippen LogP contribution in [0.15, 0.2) is 0 Å². The maximum atomic E-state index is 11.2. The number of esters is 1. The molecular formula is C16H32O4Si. The predicted octanol–water partition coefficient (Wildman–Crippen LogP) is 3.90. The molecule has 0 unspecified atom stereocenters. The molecule has 1 fully saturated rings. The van der Waals surface area contributed by atoms with E-state index in [1.54, 1.807) is 0 Å². The van der Waals surface area contributed by atoms with Crippen LogP contribution in [0.25, 0.3) is 0 Å². The summed E-state index contributed by atoms with van der Waals surface area (Å²) in [6, 6.07) is 0. The van der Waals surface area contributed by atoms with Gasteiger partial charge in [0, 0.05) is 6.42 Å². The number of carbonyl (C=O) groups excluding carboxylic acids is 1. The zero-order valence-corrected chi connectivity index (χ0v) is 15.5. The normalized spacial score (nSPS) is 23.9. The standard InChI is InChI=1S/C16H32O4Si/c1-16(2,3)21(5,6)19-12-14-9-7-8-13(20-14)10-11-15(17)18-4/h13-14H,7-12H2,1-6H3/t13-,14-/m1/s1. The summed E-state index contributed by atoms with van der Waals surface area (Å²) in [5.74, 6) is -0.154. The largest absolute Gasteiger partial charge is 0.469 e. The van der Waals surface area contributed by atoms with E-state index in [0.29, 0.717) is 13.0 Å². The van der Waals surface area contributed by atoms with Crippen LogP contribution in [0, 0.1) is 0 Å². The van der Waals surface area contributed by atoms with Crippen LogP contribution in [-0.4, -0.2) is 40.2 Å². The smallest absolute Gasteiger partial charge is 0.305 e. The minimum absolute atomic E-state index is 0.154. The molecule has 0 bridgehead atoms. The summed E-state index contributed by atoms with van der Waals surface area (Å²) in [5, 5.41) is 0.228. The van der Waals surface area contributed by atoms with Gasteiger partial charge >= 0.3 is 5.97 Å². The lowest BCUT2D eigenvalue weighted by atomic mass is 10.0. The molecule has 0 aliphatic carbocycles. The first kappa shape index (κ1) is 18.7. The second kappa shape index (κ2) is 7.74. The zero-order chi connectivity index (χ0) is 16.1. The first-order chi connectivity index (χ1) is 9.65. The topological polar surface area (TPSA) is 44.8 Å². The summed E-state index contributed by atoms with van der Waals surface area (Å²) in [7, 11) is -0.277. The molecule has 0 aromatic heterocycles. The van der Waals surface area contributed by atoms with Gasteiger partial charge in [-0.25, -0.2) is 0 Å². The summed E-state index contributed by atoms with van der Waals surface area (Å²) in [4.78, 5) is 11.2. The molecule has 1 saturated heterocycles. The van der Waals surface area contributed by atoms with Crippen molar-refractivity contribution in [2.75, 3.05) is 13.7 Å². The Morgan fingerprint density at radius 1 is 1.24 bits per heavy atom. The van der Waals surface area contributed by atoms with Crippen LogP contribution in [0.2, 0.25) is 18.1 Å². The molecule has 21 heavy (non-hydrogen) atoms. The minimum atomic E-state index is -1.71. The molecule has 0 spiro atoms. The van der Waals surface area contributed by atoms with Crippen molar-refractivity contribution in [3.8, 4) is 0 Å². The third-order valence-electron chi connectivity index (χ3n) is 4.77. The number of hydrogen-bond donors (Lipinski definition) is 0. The van der Waals surface area contributed by atoms with Gasteiger partial charge in [0.15, 0.2) is 8.32 Å². The Balaban J connectivity index is 2.38. The molecule has 2 atom stereocenters. The SMILES string of the molecule is COC(=O)CC[C@H]1CCC[C@H](CO[Si](C)(C)C(C)(C)C)O1. The van der Waals surface area contributed by atoms with E-state index in [4.69, 9.17) is 9.16 Å². The molecule has 0 aromatic carbocycles. The number of hydrogen-bond acceptors (Lipinski definition) is 4. The molecule has 0 saturated carbocycles. The first-order valence-electron chi connectivity index (χ1n) is 8.02. The van der Waals surface area contributed by atoms with Gasteiger partial charge in [-0.1, -0.05) is 20.8 Å². The lowest BCUT2D eigenvalue weighted by molar-refractivity contribution is -0.142. The van der Waals surface area contributed by atoms with E-state index in [1.165, 1.54) is 7.11 Å². The molecule has 1 aliphatic heterocycles. The van der Waals surface area contributed by atoms with Gasteiger partial charge in [0.2, 0.25) is 0 Å². The van der Waals surface area contributed by atoms with E-state index < -0.39 is 8.32 Å². The molecular weight excluding hydrogens is 284 g/mol. The van der Waals surface area contributed by atoms with Gasteiger partial charge in [-0.15, -0.1) is 0 Å². The van der Waals surface area contributed by atoms with E-state index in [0.717, 1.165) is 25.7 Å². The molecule has 4 nitrogen and oxygen atoms in total. The van der Waals surface area contributed by atoms with E-state index >= 15 is 0 Å². The fraction of sp³-hybridized carbons (Fsp3) is 0.938. The quantitative estimate of drug-likeness (QED) is 0.551. The lowest BCUT2D eigenvalue weighted by Crippen LogP contribution is -2.44. The first-order valence-corrected chi connectivity index (χ1v) is 10.9. The minimum Gasteiger partial charge on any atom is -0.469 e. The number of carbonyl (C=O) groups is 1. The van der Waals surface area contributed by atoms with Gasteiger partial charge in [0.25, 0.3) is 0 Å². The second-order valence-corrected chi connectivity index (χ2v) is 12.3. The Labute approximate surface area is 130 Å². The van der Waals surface area contributed by atoms with Crippen LogP contribution in [0.1, 0.15) is 52.9 Å². The maximum Gasteiger partial charge on any atom is 0.305 e. The van der Waals surface area contributed by atoms with Crippen molar-refractivity contribution in [2.24, 2.45) is 0 Å². The third kappa shape index (κ3) is 6.08. The van der Waals surface area contributed by atoms with Crippen LogP contribution in [0.3, 0.4) is 0 Å². The van der Waals surface area contributed by atoms with Crippen molar-refractivity contribution in [2.45, 2.75) is 83.2 Å². The Morgan fingerprint density at radius 2 is 1.86 bits per heavy atom. The molecule has 1 heterocycles. The highest BCUT2D eigenvalue weighted by Crippen LogP contribution is 2.37. The van der Waals surface area contributed by atoms with Gasteiger partial charge in [-0.05, 0) is 43.8 Å². The van der Waals surface area contributed by atoms with Crippen molar-refractivity contribution in [1.29, 1.82) is 0 Å². The van der Waals surface area contributed by atoms with Gasteiger partial charge < -0.3 is 13.9 Å². The monoisotopic (exact) mass is 316 g/mol. The van der Waals surface area contributed by atoms with Crippen LogP contribution in [-0.2, 0) is 18.7 Å². The Kier molecular flexibility index (Phi) is 6.88. The summed E-state index contributed by atoms with van der Waals surface area (Å²) in [6.45, 7) is 12.0. The zero-order valence-electron chi connectivity index (χ0n) is 14.5. The summed E-state index contributed by atoms with van der Waals surface area (Å²) in [6.07, 6.45) is 4.79. The molecule has 0 aromatic rings. The molecule has 124 valence electrons. The van der Waals surface area contributed by atoms with Crippen LogP contribution >= 0.6 is 0 Å². The molecule has 0 radical (unpaired) electrons. The van der Waals surface area contributed by atoms with E-state index in [-0.39, 0.29) is 23.2 Å². The maximum absolute atomic E-state index is 11.2. The van der Waals surface area contributed by atoms with Crippen molar-refractivity contribution in [1.82, 2.24) is 0 Å². The van der Waals surface area contributed by atoms with Crippen LogP contribution in [0.4, 0.5) is 0 Å².